The van der Waals surface area contributed by atoms with Crippen LogP contribution in [0.15, 0.2) is 30.3 Å². The molecule has 3 rings (SSSR count). The predicted molar refractivity (Wildman–Crippen MR) is 87.8 cm³/mol. The molecule has 2 heterocycles. The largest absolute Gasteiger partial charge is 0.493 e. The number of thiophene rings is 1. The van der Waals surface area contributed by atoms with Crippen molar-refractivity contribution in [1.82, 2.24) is 5.32 Å². The zero-order chi connectivity index (χ0) is 15.5. The fraction of sp³-hybridized carbons (Fsp3) is 0.353. The molecule has 1 aliphatic rings. The molecule has 1 amide bonds. The summed E-state index contributed by atoms with van der Waals surface area (Å²) in [5.41, 5.74) is 2.25. The molecular weight excluding hydrogens is 298 g/mol. The lowest BCUT2D eigenvalue weighted by Crippen LogP contribution is -2.35. The second kappa shape index (κ2) is 6.50. The van der Waals surface area contributed by atoms with Crippen molar-refractivity contribution in [2.75, 3.05) is 20.3 Å². The highest BCUT2D eigenvalue weighted by atomic mass is 32.1. The van der Waals surface area contributed by atoms with E-state index in [9.17, 15) is 4.79 Å². The highest BCUT2D eigenvalue weighted by molar-refractivity contribution is 7.17. The quantitative estimate of drug-likeness (QED) is 0.942. The van der Waals surface area contributed by atoms with Crippen LogP contribution in [0.3, 0.4) is 0 Å². The first-order chi connectivity index (χ1) is 10.7. The minimum Gasteiger partial charge on any atom is -0.493 e. The maximum atomic E-state index is 12.4. The van der Waals surface area contributed by atoms with Gasteiger partial charge in [0.1, 0.15) is 5.75 Å². The van der Waals surface area contributed by atoms with Gasteiger partial charge in [0.05, 0.1) is 18.1 Å². The van der Waals surface area contributed by atoms with Gasteiger partial charge in [0.25, 0.3) is 5.91 Å². The first kappa shape index (κ1) is 15.1. The van der Waals surface area contributed by atoms with E-state index in [1.807, 2.05) is 37.3 Å². The number of methoxy groups -OCH3 is 1. The number of hydrogen-bond acceptors (Lipinski definition) is 4. The second-order valence-electron chi connectivity index (χ2n) is 5.39. The molecule has 0 fully saturated rings. The lowest BCUT2D eigenvalue weighted by Gasteiger charge is -2.11. The monoisotopic (exact) mass is 317 g/mol. The lowest BCUT2D eigenvalue weighted by molar-refractivity contribution is 0.0909. The van der Waals surface area contributed by atoms with E-state index in [0.29, 0.717) is 13.2 Å². The lowest BCUT2D eigenvalue weighted by atomic mass is 10.1. The number of rotatable bonds is 4. The van der Waals surface area contributed by atoms with Gasteiger partial charge in [-0.1, -0.05) is 12.1 Å². The third-order valence-corrected chi connectivity index (χ3v) is 4.80. The van der Waals surface area contributed by atoms with Crippen molar-refractivity contribution in [3.8, 4) is 16.2 Å². The number of fused-ring (bicyclic) bond motifs is 3. The zero-order valence-corrected chi connectivity index (χ0v) is 13.5. The fourth-order valence-corrected chi connectivity index (χ4v) is 3.74. The molecular formula is C17H19NO3S. The molecule has 1 unspecified atom stereocenters. The number of para-hydroxylation sites is 1. The Morgan fingerprint density at radius 2 is 2.27 bits per heavy atom. The summed E-state index contributed by atoms with van der Waals surface area (Å²) < 4.78 is 10.8. The number of ether oxygens (including phenoxy) is 2. The van der Waals surface area contributed by atoms with E-state index in [2.05, 4.69) is 5.32 Å². The van der Waals surface area contributed by atoms with Crippen molar-refractivity contribution in [3.63, 3.8) is 0 Å². The first-order valence-corrected chi connectivity index (χ1v) is 8.15. The van der Waals surface area contributed by atoms with Gasteiger partial charge in [-0.2, -0.15) is 0 Å². The third kappa shape index (κ3) is 3.00. The normalized spacial score (nSPS) is 14.3. The molecule has 0 spiro atoms. The summed E-state index contributed by atoms with van der Waals surface area (Å²) in [4.78, 5) is 14.2. The Balaban J connectivity index is 1.89. The number of amides is 1. The minimum absolute atomic E-state index is 0.00461. The van der Waals surface area contributed by atoms with Crippen molar-refractivity contribution in [3.05, 3.63) is 40.8 Å². The molecule has 1 aromatic carbocycles. The Kier molecular flexibility index (Phi) is 4.45. The summed E-state index contributed by atoms with van der Waals surface area (Å²) in [6.07, 6.45) is 0.821. The molecule has 1 aromatic heterocycles. The molecule has 0 saturated carbocycles. The Morgan fingerprint density at radius 1 is 1.45 bits per heavy atom. The van der Waals surface area contributed by atoms with Crippen molar-refractivity contribution in [2.45, 2.75) is 19.4 Å². The van der Waals surface area contributed by atoms with Crippen LogP contribution >= 0.6 is 11.3 Å². The molecule has 2 aromatic rings. The number of hydrogen-bond donors (Lipinski definition) is 1. The molecule has 0 bridgehead atoms. The van der Waals surface area contributed by atoms with Crippen molar-refractivity contribution in [1.29, 1.82) is 0 Å². The summed E-state index contributed by atoms with van der Waals surface area (Å²) >= 11 is 1.53. The predicted octanol–water partition coefficient (Wildman–Crippen LogP) is 3.11. The number of nitrogens with one attached hydrogen (secondary N) is 1. The Morgan fingerprint density at radius 3 is 3.09 bits per heavy atom. The standard InChI is InChI=1S/C17H19NO3S/c1-11(10-20-2)18-17(19)15-9-12-7-8-21-14-6-4-3-5-13(14)16(12)22-15/h3-6,9,11H,7-8,10H2,1-2H3,(H,18,19). The molecule has 0 radical (unpaired) electrons. The van der Waals surface area contributed by atoms with Crippen LogP contribution in [-0.4, -0.2) is 32.3 Å². The van der Waals surface area contributed by atoms with Crippen molar-refractivity contribution < 1.29 is 14.3 Å². The van der Waals surface area contributed by atoms with Crippen LogP contribution in [-0.2, 0) is 11.2 Å². The van der Waals surface area contributed by atoms with Gasteiger partial charge in [-0.3, -0.25) is 4.79 Å². The van der Waals surface area contributed by atoms with Crippen LogP contribution < -0.4 is 10.1 Å². The fourth-order valence-electron chi connectivity index (χ4n) is 2.59. The Hall–Kier alpha value is -1.85. The number of carbonyl (C=O) groups excluding carboxylic acids is 1. The van der Waals surface area contributed by atoms with Gasteiger partial charge in [-0.15, -0.1) is 11.3 Å². The smallest absolute Gasteiger partial charge is 0.261 e. The molecule has 0 aliphatic carbocycles. The van der Waals surface area contributed by atoms with Crippen LogP contribution in [0.5, 0.6) is 5.75 Å². The van der Waals surface area contributed by atoms with Crippen molar-refractivity contribution >= 4 is 17.2 Å². The van der Waals surface area contributed by atoms with Gasteiger partial charge in [0.2, 0.25) is 0 Å². The maximum Gasteiger partial charge on any atom is 0.261 e. The molecule has 4 nitrogen and oxygen atoms in total. The Labute approximate surface area is 134 Å². The molecule has 0 saturated heterocycles. The van der Waals surface area contributed by atoms with Gasteiger partial charge in [0, 0.05) is 30.0 Å². The van der Waals surface area contributed by atoms with E-state index in [-0.39, 0.29) is 11.9 Å². The molecule has 1 atom stereocenters. The summed E-state index contributed by atoms with van der Waals surface area (Å²) in [5, 5.41) is 2.96. The first-order valence-electron chi connectivity index (χ1n) is 7.33. The van der Waals surface area contributed by atoms with Crippen molar-refractivity contribution in [2.24, 2.45) is 0 Å². The minimum atomic E-state index is -0.0407. The molecule has 1 N–H and O–H groups in total. The third-order valence-electron chi connectivity index (χ3n) is 3.59. The van der Waals surface area contributed by atoms with E-state index < -0.39 is 0 Å². The van der Waals surface area contributed by atoms with Crippen LogP contribution in [0.4, 0.5) is 0 Å². The summed E-state index contributed by atoms with van der Waals surface area (Å²) in [7, 11) is 1.63. The van der Waals surface area contributed by atoms with E-state index in [4.69, 9.17) is 9.47 Å². The summed E-state index contributed by atoms with van der Waals surface area (Å²) in [6, 6.07) is 9.97. The maximum absolute atomic E-state index is 12.4. The van der Waals surface area contributed by atoms with E-state index in [1.54, 1.807) is 7.11 Å². The molecule has 5 heteroatoms. The topological polar surface area (TPSA) is 47.6 Å². The zero-order valence-electron chi connectivity index (χ0n) is 12.7. The average molecular weight is 317 g/mol. The average Bonchev–Trinajstić information content (AvgIpc) is 2.85. The SMILES string of the molecule is COCC(C)NC(=O)c1cc2c(s1)-c1ccccc1OCC2. The molecule has 1 aliphatic heterocycles. The molecule has 116 valence electrons. The van der Waals surface area contributed by atoms with E-state index >= 15 is 0 Å². The van der Waals surface area contributed by atoms with E-state index in [1.165, 1.54) is 16.9 Å². The summed E-state index contributed by atoms with van der Waals surface area (Å²) in [5.74, 6) is 0.851. The second-order valence-corrected chi connectivity index (χ2v) is 6.44. The number of carbonyl (C=O) groups is 1. The van der Waals surface area contributed by atoms with Gasteiger partial charge < -0.3 is 14.8 Å². The Bertz CT molecular complexity index is 680. The van der Waals surface area contributed by atoms with E-state index in [0.717, 1.165) is 27.5 Å². The van der Waals surface area contributed by atoms with Crippen LogP contribution in [0.2, 0.25) is 0 Å². The van der Waals surface area contributed by atoms with Gasteiger partial charge in [0.15, 0.2) is 0 Å². The van der Waals surface area contributed by atoms with Gasteiger partial charge in [-0.25, -0.2) is 0 Å². The van der Waals surface area contributed by atoms with Gasteiger partial charge in [-0.05, 0) is 30.7 Å². The molecule has 22 heavy (non-hydrogen) atoms. The highest BCUT2D eigenvalue weighted by Crippen LogP contribution is 2.40. The van der Waals surface area contributed by atoms with Gasteiger partial charge >= 0.3 is 0 Å². The number of benzene rings is 1. The van der Waals surface area contributed by atoms with Crippen LogP contribution in [0, 0.1) is 0 Å². The highest BCUT2D eigenvalue weighted by Gasteiger charge is 2.21. The summed E-state index contributed by atoms with van der Waals surface area (Å²) in [6.45, 7) is 3.08. The van der Waals surface area contributed by atoms with Crippen LogP contribution in [0.25, 0.3) is 10.4 Å². The van der Waals surface area contributed by atoms with Crippen LogP contribution in [0.1, 0.15) is 22.2 Å².